The minimum Gasteiger partial charge on any atom is -0.466 e. The van der Waals surface area contributed by atoms with Crippen molar-refractivity contribution in [2.24, 2.45) is 11.8 Å². The van der Waals surface area contributed by atoms with E-state index in [1.807, 2.05) is 6.92 Å². The van der Waals surface area contributed by atoms with Crippen molar-refractivity contribution in [1.82, 2.24) is 5.32 Å². The standard InChI is InChI=1S/C11H16Cl3NO3/c1-3-18-9(16)8-6(2)4-5-7(8)15-10(17)11(12,13)14/h6-8H,3-5H2,1-2H3,(H,15,17)/t6-,7+,8+/m1/s1. The lowest BCUT2D eigenvalue weighted by Gasteiger charge is -2.23. The zero-order valence-electron chi connectivity index (χ0n) is 10.2. The van der Waals surface area contributed by atoms with E-state index < -0.39 is 9.70 Å². The molecular formula is C11H16Cl3NO3. The monoisotopic (exact) mass is 315 g/mol. The number of alkyl halides is 3. The third kappa shape index (κ3) is 3.90. The van der Waals surface area contributed by atoms with Gasteiger partial charge in [-0.3, -0.25) is 9.59 Å². The van der Waals surface area contributed by atoms with E-state index in [0.29, 0.717) is 13.0 Å². The zero-order valence-corrected chi connectivity index (χ0v) is 12.5. The summed E-state index contributed by atoms with van der Waals surface area (Å²) in [5.74, 6) is -1.25. The maximum Gasteiger partial charge on any atom is 0.311 e. The summed E-state index contributed by atoms with van der Waals surface area (Å²) < 4.78 is 3.00. The molecule has 1 saturated carbocycles. The predicted octanol–water partition coefficient (Wildman–Crippen LogP) is 2.45. The summed E-state index contributed by atoms with van der Waals surface area (Å²) in [6, 6.07) is -0.331. The summed E-state index contributed by atoms with van der Waals surface area (Å²) in [6.07, 6.45) is 1.51. The molecule has 0 aliphatic heterocycles. The number of amides is 1. The highest BCUT2D eigenvalue weighted by molar-refractivity contribution is 6.76. The van der Waals surface area contributed by atoms with Crippen molar-refractivity contribution in [2.45, 2.75) is 36.5 Å². The second kappa shape index (κ2) is 6.31. The van der Waals surface area contributed by atoms with E-state index in [1.165, 1.54) is 0 Å². The largest absolute Gasteiger partial charge is 0.466 e. The normalized spacial score (nSPS) is 27.9. The van der Waals surface area contributed by atoms with Crippen molar-refractivity contribution < 1.29 is 14.3 Å². The molecular weight excluding hydrogens is 300 g/mol. The molecule has 0 aromatic heterocycles. The van der Waals surface area contributed by atoms with E-state index >= 15 is 0 Å². The van der Waals surface area contributed by atoms with E-state index in [0.717, 1.165) is 6.42 Å². The molecule has 0 aromatic rings. The number of carbonyl (C=O) groups excluding carboxylic acids is 2. The summed E-state index contributed by atoms with van der Waals surface area (Å²) in [4.78, 5) is 23.4. The number of halogens is 3. The molecule has 18 heavy (non-hydrogen) atoms. The summed E-state index contributed by atoms with van der Waals surface area (Å²) in [5.41, 5.74) is 0. The van der Waals surface area contributed by atoms with E-state index in [1.54, 1.807) is 6.92 Å². The molecule has 1 aliphatic rings. The first-order valence-electron chi connectivity index (χ1n) is 5.81. The van der Waals surface area contributed by atoms with Crippen molar-refractivity contribution in [3.63, 3.8) is 0 Å². The van der Waals surface area contributed by atoms with Crippen molar-refractivity contribution >= 4 is 46.7 Å². The molecule has 104 valence electrons. The van der Waals surface area contributed by atoms with Crippen molar-refractivity contribution in [3.05, 3.63) is 0 Å². The van der Waals surface area contributed by atoms with Crippen LogP contribution < -0.4 is 5.32 Å². The Morgan fingerprint density at radius 2 is 1.94 bits per heavy atom. The molecule has 1 aliphatic carbocycles. The third-order valence-corrected chi connectivity index (χ3v) is 3.63. The van der Waals surface area contributed by atoms with Gasteiger partial charge in [0.25, 0.3) is 9.70 Å². The molecule has 4 nitrogen and oxygen atoms in total. The smallest absolute Gasteiger partial charge is 0.311 e. The van der Waals surface area contributed by atoms with Crippen LogP contribution in [0.3, 0.4) is 0 Å². The molecule has 0 radical (unpaired) electrons. The number of nitrogens with one attached hydrogen (secondary N) is 1. The summed E-state index contributed by atoms with van der Waals surface area (Å²) in [5, 5.41) is 2.60. The van der Waals surface area contributed by atoms with E-state index in [9.17, 15) is 9.59 Å². The van der Waals surface area contributed by atoms with Gasteiger partial charge in [0.05, 0.1) is 12.5 Å². The minimum absolute atomic E-state index is 0.143. The minimum atomic E-state index is -2.01. The molecule has 0 saturated heterocycles. The highest BCUT2D eigenvalue weighted by Gasteiger charge is 2.42. The van der Waals surface area contributed by atoms with Gasteiger partial charge in [-0.25, -0.2) is 0 Å². The second-order valence-corrected chi connectivity index (χ2v) is 6.69. The van der Waals surface area contributed by atoms with Gasteiger partial charge in [-0.05, 0) is 25.7 Å². The fourth-order valence-electron chi connectivity index (χ4n) is 2.25. The Kier molecular flexibility index (Phi) is 5.56. The highest BCUT2D eigenvalue weighted by atomic mass is 35.6. The number of ether oxygens (including phenoxy) is 1. The molecule has 3 atom stereocenters. The Morgan fingerprint density at radius 1 is 1.33 bits per heavy atom. The van der Waals surface area contributed by atoms with Gasteiger partial charge in [0.1, 0.15) is 0 Å². The second-order valence-electron chi connectivity index (χ2n) is 4.41. The van der Waals surface area contributed by atoms with Crippen LogP contribution in [-0.2, 0) is 14.3 Å². The Hall–Kier alpha value is -0.190. The lowest BCUT2D eigenvalue weighted by atomic mass is 9.95. The molecule has 7 heteroatoms. The molecule has 0 aromatic carbocycles. The van der Waals surface area contributed by atoms with Gasteiger partial charge in [0, 0.05) is 6.04 Å². The average molecular weight is 317 g/mol. The SMILES string of the molecule is CCOC(=O)[C@H]1[C@H](C)CC[C@@H]1NC(=O)C(Cl)(Cl)Cl. The fraction of sp³-hybridized carbons (Fsp3) is 0.818. The van der Waals surface area contributed by atoms with Gasteiger partial charge in [0.15, 0.2) is 0 Å². The number of hydrogen-bond donors (Lipinski definition) is 1. The summed E-state index contributed by atoms with van der Waals surface area (Å²) in [6.45, 7) is 4.00. The Balaban J connectivity index is 2.70. The summed E-state index contributed by atoms with van der Waals surface area (Å²) >= 11 is 16.5. The van der Waals surface area contributed by atoms with Crippen LogP contribution in [0, 0.1) is 11.8 Å². The average Bonchev–Trinajstić information content (AvgIpc) is 2.58. The number of hydrogen-bond acceptors (Lipinski definition) is 3. The van der Waals surface area contributed by atoms with Gasteiger partial charge in [-0.1, -0.05) is 41.7 Å². The van der Waals surface area contributed by atoms with Crippen LogP contribution in [0.5, 0.6) is 0 Å². The molecule has 0 unspecified atom stereocenters. The van der Waals surface area contributed by atoms with Gasteiger partial charge in [-0.15, -0.1) is 0 Å². The Bertz CT molecular complexity index is 330. The molecule has 1 rings (SSSR count). The van der Waals surface area contributed by atoms with E-state index in [-0.39, 0.29) is 23.8 Å². The van der Waals surface area contributed by atoms with Crippen LogP contribution in [0.15, 0.2) is 0 Å². The predicted molar refractivity (Wildman–Crippen MR) is 70.7 cm³/mol. The molecule has 0 bridgehead atoms. The number of rotatable bonds is 3. The van der Waals surface area contributed by atoms with Crippen LogP contribution in [-0.4, -0.2) is 28.3 Å². The first kappa shape index (κ1) is 15.9. The van der Waals surface area contributed by atoms with Crippen LogP contribution in [0.4, 0.5) is 0 Å². The molecule has 0 spiro atoms. The third-order valence-electron chi connectivity index (χ3n) is 3.11. The topological polar surface area (TPSA) is 55.4 Å². The van der Waals surface area contributed by atoms with Gasteiger partial charge >= 0.3 is 5.97 Å². The molecule has 0 heterocycles. The maximum atomic E-state index is 11.8. The zero-order chi connectivity index (χ0) is 13.9. The lowest BCUT2D eigenvalue weighted by Crippen LogP contribution is -2.46. The van der Waals surface area contributed by atoms with Crippen LogP contribution in [0.1, 0.15) is 26.7 Å². The van der Waals surface area contributed by atoms with Gasteiger partial charge in [0.2, 0.25) is 0 Å². The molecule has 1 amide bonds. The van der Waals surface area contributed by atoms with Gasteiger partial charge in [-0.2, -0.15) is 0 Å². The first-order valence-corrected chi connectivity index (χ1v) is 6.95. The van der Waals surface area contributed by atoms with E-state index in [2.05, 4.69) is 5.32 Å². The molecule has 1 N–H and O–H groups in total. The van der Waals surface area contributed by atoms with Crippen molar-refractivity contribution in [2.75, 3.05) is 6.61 Å². The van der Waals surface area contributed by atoms with Crippen LogP contribution >= 0.6 is 34.8 Å². The number of carbonyl (C=O) groups is 2. The molecule has 1 fully saturated rings. The van der Waals surface area contributed by atoms with Crippen LogP contribution in [0.25, 0.3) is 0 Å². The quantitative estimate of drug-likeness (QED) is 0.643. The van der Waals surface area contributed by atoms with E-state index in [4.69, 9.17) is 39.5 Å². The highest BCUT2D eigenvalue weighted by Crippen LogP contribution is 2.34. The van der Waals surface area contributed by atoms with Crippen molar-refractivity contribution in [1.29, 1.82) is 0 Å². The fourth-order valence-corrected chi connectivity index (χ4v) is 2.41. The van der Waals surface area contributed by atoms with Gasteiger partial charge < -0.3 is 10.1 Å². The number of esters is 1. The van der Waals surface area contributed by atoms with Crippen molar-refractivity contribution in [3.8, 4) is 0 Å². The van der Waals surface area contributed by atoms with Crippen LogP contribution in [0.2, 0.25) is 0 Å². The Morgan fingerprint density at radius 3 is 2.44 bits per heavy atom. The first-order chi connectivity index (χ1) is 8.27. The summed E-state index contributed by atoms with van der Waals surface area (Å²) in [7, 11) is 0. The Labute approximate surface area is 121 Å². The lowest BCUT2D eigenvalue weighted by molar-refractivity contribution is -0.150. The maximum absolute atomic E-state index is 11.8.